The third kappa shape index (κ3) is 4.15. The number of hydrogen-bond acceptors (Lipinski definition) is 4. The van der Waals surface area contributed by atoms with Gasteiger partial charge in [-0.05, 0) is 36.1 Å². The summed E-state index contributed by atoms with van der Waals surface area (Å²) in [5, 5.41) is 3.81. The standard InChI is InChI=1S/C26H22N4O2S/c1-33-20-11-7-10-19(14-20)28-23(31)16-30-22-13-6-5-12-21(22)24-25(30)26(32)29(17-27-24)15-18-8-3-2-4-9-18/h2-14,17H,15-16H2,1H3,(H,28,31). The maximum atomic E-state index is 13.5. The van der Waals surface area contributed by atoms with E-state index >= 15 is 0 Å². The minimum atomic E-state index is -0.200. The van der Waals surface area contributed by atoms with Crippen LogP contribution >= 0.6 is 11.8 Å². The van der Waals surface area contributed by atoms with Gasteiger partial charge in [0, 0.05) is 16.0 Å². The SMILES string of the molecule is CSc1cccc(NC(=O)Cn2c3ccccc3c3ncn(Cc4ccccc4)c(=O)c32)c1. The number of rotatable bonds is 6. The molecule has 0 atom stereocenters. The first kappa shape index (κ1) is 21.0. The number of amides is 1. The number of hydrogen-bond donors (Lipinski definition) is 1. The van der Waals surface area contributed by atoms with Gasteiger partial charge in [-0.15, -0.1) is 11.8 Å². The molecule has 0 saturated carbocycles. The second-order valence-electron chi connectivity index (χ2n) is 7.74. The van der Waals surface area contributed by atoms with Gasteiger partial charge in [-0.25, -0.2) is 4.98 Å². The molecule has 3 aromatic carbocycles. The van der Waals surface area contributed by atoms with Crippen LogP contribution in [-0.4, -0.2) is 26.3 Å². The Morgan fingerprint density at radius 1 is 1.00 bits per heavy atom. The fraction of sp³-hybridized carbons (Fsp3) is 0.115. The Balaban J connectivity index is 1.56. The molecule has 0 aliphatic heterocycles. The Labute approximate surface area is 194 Å². The zero-order valence-corrected chi connectivity index (χ0v) is 18.9. The van der Waals surface area contributed by atoms with Crippen LogP contribution in [0.5, 0.6) is 0 Å². The number of para-hydroxylation sites is 1. The summed E-state index contributed by atoms with van der Waals surface area (Å²) in [4.78, 5) is 32.2. The van der Waals surface area contributed by atoms with Crippen LogP contribution in [0, 0.1) is 0 Å². The summed E-state index contributed by atoms with van der Waals surface area (Å²) in [5.41, 5.74) is 3.42. The summed E-state index contributed by atoms with van der Waals surface area (Å²) >= 11 is 1.61. The number of carbonyl (C=O) groups excluding carboxylic acids is 1. The van der Waals surface area contributed by atoms with E-state index < -0.39 is 0 Å². The van der Waals surface area contributed by atoms with E-state index in [4.69, 9.17) is 0 Å². The number of fused-ring (bicyclic) bond motifs is 3. The van der Waals surface area contributed by atoms with Gasteiger partial charge >= 0.3 is 0 Å². The van der Waals surface area contributed by atoms with Gasteiger partial charge in [0.05, 0.1) is 18.4 Å². The molecule has 7 heteroatoms. The second kappa shape index (κ2) is 8.96. The molecule has 33 heavy (non-hydrogen) atoms. The average molecular weight is 455 g/mol. The van der Waals surface area contributed by atoms with Crippen LogP contribution in [0.2, 0.25) is 0 Å². The number of aromatic nitrogens is 3. The zero-order valence-electron chi connectivity index (χ0n) is 18.1. The summed E-state index contributed by atoms with van der Waals surface area (Å²) in [6.45, 7) is 0.428. The van der Waals surface area contributed by atoms with Crippen molar-refractivity contribution in [2.75, 3.05) is 11.6 Å². The summed E-state index contributed by atoms with van der Waals surface area (Å²) in [6, 6.07) is 25.1. The predicted octanol–water partition coefficient (Wildman–Crippen LogP) is 4.76. The summed E-state index contributed by atoms with van der Waals surface area (Å²) < 4.78 is 3.36. The lowest BCUT2D eigenvalue weighted by Gasteiger charge is -2.10. The number of nitrogens with one attached hydrogen (secondary N) is 1. The molecule has 1 amide bonds. The van der Waals surface area contributed by atoms with Crippen molar-refractivity contribution in [2.24, 2.45) is 0 Å². The third-order valence-corrected chi connectivity index (χ3v) is 6.31. The number of benzene rings is 3. The Bertz CT molecular complexity index is 1520. The van der Waals surface area contributed by atoms with Crippen LogP contribution < -0.4 is 10.9 Å². The van der Waals surface area contributed by atoms with Gasteiger partial charge in [0.15, 0.2) is 0 Å². The molecule has 0 radical (unpaired) electrons. The molecule has 0 aliphatic rings. The molecule has 2 aromatic heterocycles. The molecule has 0 bridgehead atoms. The molecule has 6 nitrogen and oxygen atoms in total. The van der Waals surface area contributed by atoms with Crippen molar-refractivity contribution in [2.45, 2.75) is 18.0 Å². The van der Waals surface area contributed by atoms with Gasteiger partial charge in [-0.3, -0.25) is 14.2 Å². The van der Waals surface area contributed by atoms with E-state index in [9.17, 15) is 9.59 Å². The van der Waals surface area contributed by atoms with E-state index in [0.717, 1.165) is 27.0 Å². The van der Waals surface area contributed by atoms with Gasteiger partial charge in [0.2, 0.25) is 5.91 Å². The fourth-order valence-corrected chi connectivity index (χ4v) is 4.51. The number of nitrogens with zero attached hydrogens (tertiary/aromatic N) is 3. The van der Waals surface area contributed by atoms with Gasteiger partial charge < -0.3 is 9.88 Å². The van der Waals surface area contributed by atoms with E-state index in [1.807, 2.05) is 85.1 Å². The van der Waals surface area contributed by atoms with Gasteiger partial charge in [-0.1, -0.05) is 54.6 Å². The third-order valence-electron chi connectivity index (χ3n) is 5.58. The monoisotopic (exact) mass is 454 g/mol. The maximum Gasteiger partial charge on any atom is 0.278 e. The molecule has 5 rings (SSSR count). The Kier molecular flexibility index (Phi) is 5.71. The summed E-state index contributed by atoms with van der Waals surface area (Å²) in [6.07, 6.45) is 3.58. The molecule has 0 unspecified atom stereocenters. The lowest BCUT2D eigenvalue weighted by atomic mass is 10.2. The highest BCUT2D eigenvalue weighted by atomic mass is 32.2. The van der Waals surface area contributed by atoms with Crippen LogP contribution in [0.3, 0.4) is 0 Å². The van der Waals surface area contributed by atoms with Crippen molar-refractivity contribution >= 4 is 45.3 Å². The Morgan fingerprint density at radius 2 is 1.79 bits per heavy atom. The number of thioether (sulfide) groups is 1. The van der Waals surface area contributed by atoms with E-state index in [-0.39, 0.29) is 18.0 Å². The van der Waals surface area contributed by atoms with Crippen molar-refractivity contribution in [1.82, 2.24) is 14.1 Å². The summed E-state index contributed by atoms with van der Waals surface area (Å²) in [5.74, 6) is -0.200. The zero-order chi connectivity index (χ0) is 22.8. The van der Waals surface area contributed by atoms with Crippen LogP contribution in [0.1, 0.15) is 5.56 Å². The quantitative estimate of drug-likeness (QED) is 0.376. The molecular weight excluding hydrogens is 432 g/mol. The lowest BCUT2D eigenvalue weighted by molar-refractivity contribution is -0.116. The van der Waals surface area contributed by atoms with Crippen LogP contribution in [0.25, 0.3) is 21.9 Å². The highest BCUT2D eigenvalue weighted by molar-refractivity contribution is 7.98. The predicted molar refractivity (Wildman–Crippen MR) is 134 cm³/mol. The van der Waals surface area contributed by atoms with Crippen molar-refractivity contribution in [3.05, 3.63) is 101 Å². The number of carbonyl (C=O) groups is 1. The summed E-state index contributed by atoms with van der Waals surface area (Å²) in [7, 11) is 0. The van der Waals surface area contributed by atoms with Crippen molar-refractivity contribution in [3.8, 4) is 0 Å². The van der Waals surface area contributed by atoms with Crippen molar-refractivity contribution < 1.29 is 4.79 Å². The molecule has 0 saturated heterocycles. The first-order valence-electron chi connectivity index (χ1n) is 10.6. The molecule has 0 aliphatic carbocycles. The van der Waals surface area contributed by atoms with Crippen molar-refractivity contribution in [3.63, 3.8) is 0 Å². The van der Waals surface area contributed by atoms with E-state index in [1.165, 1.54) is 0 Å². The van der Waals surface area contributed by atoms with Crippen LogP contribution in [0.4, 0.5) is 5.69 Å². The van der Waals surface area contributed by atoms with Crippen LogP contribution in [0.15, 0.2) is 94.9 Å². The Hall–Kier alpha value is -3.84. The van der Waals surface area contributed by atoms with Gasteiger partial charge in [0.1, 0.15) is 17.6 Å². The first-order valence-corrected chi connectivity index (χ1v) is 11.8. The minimum absolute atomic E-state index is 0.0137. The van der Waals surface area contributed by atoms with E-state index in [2.05, 4.69) is 10.3 Å². The van der Waals surface area contributed by atoms with Crippen molar-refractivity contribution in [1.29, 1.82) is 0 Å². The maximum absolute atomic E-state index is 13.5. The average Bonchev–Trinajstić information content (AvgIpc) is 3.15. The van der Waals surface area contributed by atoms with E-state index in [1.54, 1.807) is 27.2 Å². The van der Waals surface area contributed by atoms with E-state index in [0.29, 0.717) is 17.6 Å². The fourth-order valence-electron chi connectivity index (χ4n) is 4.05. The molecular formula is C26H22N4O2S. The van der Waals surface area contributed by atoms with Crippen LogP contribution in [-0.2, 0) is 17.9 Å². The lowest BCUT2D eigenvalue weighted by Crippen LogP contribution is -2.25. The molecule has 2 heterocycles. The molecule has 1 N–H and O–H groups in total. The topological polar surface area (TPSA) is 68.9 Å². The molecule has 164 valence electrons. The highest BCUT2D eigenvalue weighted by Crippen LogP contribution is 2.25. The smallest absolute Gasteiger partial charge is 0.278 e. The van der Waals surface area contributed by atoms with Gasteiger partial charge in [-0.2, -0.15) is 0 Å². The largest absolute Gasteiger partial charge is 0.325 e. The normalized spacial score (nSPS) is 11.2. The molecule has 5 aromatic rings. The molecule has 0 spiro atoms. The number of anilines is 1. The Morgan fingerprint density at radius 3 is 2.61 bits per heavy atom. The highest BCUT2D eigenvalue weighted by Gasteiger charge is 2.18. The minimum Gasteiger partial charge on any atom is -0.325 e. The molecule has 0 fully saturated rings. The first-order chi connectivity index (χ1) is 16.1. The second-order valence-corrected chi connectivity index (χ2v) is 8.62. The van der Waals surface area contributed by atoms with Gasteiger partial charge in [0.25, 0.3) is 5.56 Å².